The molecular formula is C16H24N2O. The topological polar surface area (TPSA) is 32.3 Å². The minimum atomic E-state index is -0.0767. The molecule has 2 unspecified atom stereocenters. The van der Waals surface area contributed by atoms with Crippen LogP contribution in [0, 0.1) is 6.92 Å². The first-order valence-electron chi connectivity index (χ1n) is 7.26. The van der Waals surface area contributed by atoms with Crippen molar-refractivity contribution in [3.05, 3.63) is 35.4 Å². The van der Waals surface area contributed by atoms with Gasteiger partial charge < -0.3 is 4.90 Å². The number of hydrogen-bond donors (Lipinski definition) is 1. The molecule has 0 aromatic heterocycles. The molecule has 2 rings (SSSR count). The second kappa shape index (κ2) is 6.20. The SMILES string of the molecule is CCCCCN1C(=O)C(C)NC1c1cccc(C)c1. The number of nitrogens with zero attached hydrogens (tertiary/aromatic N) is 1. The third-order valence-electron chi connectivity index (χ3n) is 3.73. The maximum atomic E-state index is 12.2. The Morgan fingerprint density at radius 3 is 2.79 bits per heavy atom. The van der Waals surface area contributed by atoms with E-state index >= 15 is 0 Å². The molecular weight excluding hydrogens is 236 g/mol. The van der Waals surface area contributed by atoms with Crippen LogP contribution in [0.25, 0.3) is 0 Å². The maximum absolute atomic E-state index is 12.2. The van der Waals surface area contributed by atoms with Crippen molar-refractivity contribution in [1.82, 2.24) is 10.2 Å². The van der Waals surface area contributed by atoms with E-state index in [4.69, 9.17) is 0 Å². The summed E-state index contributed by atoms with van der Waals surface area (Å²) in [6, 6.07) is 8.33. The standard InChI is InChI=1S/C16H24N2O/c1-4-5-6-10-18-15(17-13(3)16(18)19)14-9-7-8-12(2)11-14/h7-9,11,13,15,17H,4-6,10H2,1-3H3. The molecule has 0 aliphatic carbocycles. The van der Waals surface area contributed by atoms with Gasteiger partial charge in [-0.1, -0.05) is 49.6 Å². The Hall–Kier alpha value is -1.35. The zero-order valence-corrected chi connectivity index (χ0v) is 12.1. The largest absolute Gasteiger partial charge is 0.322 e. The zero-order chi connectivity index (χ0) is 13.8. The molecule has 1 aromatic carbocycles. The third-order valence-corrected chi connectivity index (χ3v) is 3.73. The highest BCUT2D eigenvalue weighted by molar-refractivity contribution is 5.84. The molecule has 104 valence electrons. The van der Waals surface area contributed by atoms with Crippen LogP contribution in [0.4, 0.5) is 0 Å². The quantitative estimate of drug-likeness (QED) is 0.825. The first kappa shape index (κ1) is 14.1. The van der Waals surface area contributed by atoms with E-state index in [1.54, 1.807) is 0 Å². The average molecular weight is 260 g/mol. The molecule has 1 aliphatic heterocycles. The predicted octanol–water partition coefficient (Wildman–Crippen LogP) is 3.00. The summed E-state index contributed by atoms with van der Waals surface area (Å²) in [6.45, 7) is 7.07. The molecule has 1 N–H and O–H groups in total. The summed E-state index contributed by atoms with van der Waals surface area (Å²) in [5, 5.41) is 3.40. The van der Waals surface area contributed by atoms with Gasteiger partial charge in [-0.15, -0.1) is 0 Å². The van der Waals surface area contributed by atoms with Gasteiger partial charge in [-0.2, -0.15) is 0 Å². The van der Waals surface area contributed by atoms with Crippen molar-refractivity contribution in [2.24, 2.45) is 0 Å². The van der Waals surface area contributed by atoms with Gasteiger partial charge in [0.2, 0.25) is 5.91 Å². The molecule has 1 heterocycles. The molecule has 1 aromatic rings. The Morgan fingerprint density at radius 1 is 1.32 bits per heavy atom. The lowest BCUT2D eigenvalue weighted by atomic mass is 10.1. The third kappa shape index (κ3) is 3.16. The molecule has 0 bridgehead atoms. The van der Waals surface area contributed by atoms with Crippen LogP contribution >= 0.6 is 0 Å². The van der Waals surface area contributed by atoms with Crippen LogP contribution in [0.5, 0.6) is 0 Å². The monoisotopic (exact) mass is 260 g/mol. The number of carbonyl (C=O) groups is 1. The lowest BCUT2D eigenvalue weighted by molar-refractivity contribution is -0.129. The molecule has 1 aliphatic rings. The lowest BCUT2D eigenvalue weighted by Gasteiger charge is -2.24. The van der Waals surface area contributed by atoms with Gasteiger partial charge in [0, 0.05) is 6.54 Å². The Kier molecular flexibility index (Phi) is 4.59. The van der Waals surface area contributed by atoms with Crippen molar-refractivity contribution in [3.8, 4) is 0 Å². The summed E-state index contributed by atoms with van der Waals surface area (Å²) < 4.78 is 0. The number of aryl methyl sites for hydroxylation is 1. The minimum absolute atomic E-state index is 0.0410. The summed E-state index contributed by atoms with van der Waals surface area (Å²) in [5.41, 5.74) is 2.43. The molecule has 1 fully saturated rings. The molecule has 0 radical (unpaired) electrons. The normalized spacial score (nSPS) is 23.1. The molecule has 1 saturated heterocycles. The Labute approximate surface area is 116 Å². The lowest BCUT2D eigenvalue weighted by Crippen LogP contribution is -2.31. The highest BCUT2D eigenvalue weighted by Gasteiger charge is 2.36. The first-order valence-corrected chi connectivity index (χ1v) is 7.26. The highest BCUT2D eigenvalue weighted by atomic mass is 16.2. The maximum Gasteiger partial charge on any atom is 0.241 e. The first-order chi connectivity index (χ1) is 9.13. The van der Waals surface area contributed by atoms with Crippen LogP contribution in [0.3, 0.4) is 0 Å². The van der Waals surface area contributed by atoms with E-state index in [0.29, 0.717) is 0 Å². The fraction of sp³-hybridized carbons (Fsp3) is 0.562. The van der Waals surface area contributed by atoms with E-state index in [1.807, 2.05) is 11.8 Å². The molecule has 0 spiro atoms. The highest BCUT2D eigenvalue weighted by Crippen LogP contribution is 2.26. The Morgan fingerprint density at radius 2 is 2.11 bits per heavy atom. The molecule has 1 amide bonds. The fourth-order valence-corrected chi connectivity index (χ4v) is 2.66. The molecule has 19 heavy (non-hydrogen) atoms. The van der Waals surface area contributed by atoms with Gasteiger partial charge in [0.1, 0.15) is 6.17 Å². The van der Waals surface area contributed by atoms with Crippen molar-refractivity contribution >= 4 is 5.91 Å². The van der Waals surface area contributed by atoms with Crippen molar-refractivity contribution in [3.63, 3.8) is 0 Å². The zero-order valence-electron chi connectivity index (χ0n) is 12.1. The fourth-order valence-electron chi connectivity index (χ4n) is 2.66. The molecule has 0 saturated carbocycles. The predicted molar refractivity (Wildman–Crippen MR) is 77.8 cm³/mol. The van der Waals surface area contributed by atoms with E-state index < -0.39 is 0 Å². The number of nitrogens with one attached hydrogen (secondary N) is 1. The summed E-state index contributed by atoms with van der Waals surface area (Å²) >= 11 is 0. The molecule has 2 atom stereocenters. The number of amides is 1. The van der Waals surface area contributed by atoms with E-state index in [-0.39, 0.29) is 18.1 Å². The van der Waals surface area contributed by atoms with Crippen molar-refractivity contribution < 1.29 is 4.79 Å². The van der Waals surface area contributed by atoms with Crippen LogP contribution in [0.2, 0.25) is 0 Å². The van der Waals surface area contributed by atoms with Gasteiger partial charge in [0.25, 0.3) is 0 Å². The average Bonchev–Trinajstić information content (AvgIpc) is 2.67. The van der Waals surface area contributed by atoms with Gasteiger partial charge in [-0.3, -0.25) is 10.1 Å². The Bertz CT molecular complexity index is 444. The number of unbranched alkanes of at least 4 members (excludes halogenated alkanes) is 2. The summed E-state index contributed by atoms with van der Waals surface area (Å²) in [7, 11) is 0. The van der Waals surface area contributed by atoms with Crippen molar-refractivity contribution in [2.75, 3.05) is 6.54 Å². The molecule has 3 nitrogen and oxygen atoms in total. The minimum Gasteiger partial charge on any atom is -0.322 e. The van der Waals surface area contributed by atoms with Crippen molar-refractivity contribution in [1.29, 1.82) is 0 Å². The van der Waals surface area contributed by atoms with Crippen LogP contribution in [0.1, 0.15) is 50.4 Å². The number of rotatable bonds is 5. The van der Waals surface area contributed by atoms with Crippen LogP contribution in [-0.2, 0) is 4.79 Å². The van der Waals surface area contributed by atoms with Gasteiger partial charge in [0.05, 0.1) is 6.04 Å². The summed E-state index contributed by atoms with van der Waals surface area (Å²) in [6.07, 6.45) is 3.48. The van der Waals surface area contributed by atoms with Gasteiger partial charge in [-0.05, 0) is 25.8 Å². The van der Waals surface area contributed by atoms with Crippen LogP contribution in [-0.4, -0.2) is 23.4 Å². The van der Waals surface area contributed by atoms with E-state index in [2.05, 4.69) is 43.4 Å². The number of carbonyl (C=O) groups excluding carboxylic acids is 1. The van der Waals surface area contributed by atoms with E-state index in [9.17, 15) is 4.79 Å². The molecule has 3 heteroatoms. The van der Waals surface area contributed by atoms with Gasteiger partial charge in [-0.25, -0.2) is 0 Å². The second-order valence-electron chi connectivity index (χ2n) is 5.44. The Balaban J connectivity index is 2.15. The smallest absolute Gasteiger partial charge is 0.241 e. The van der Waals surface area contributed by atoms with Crippen LogP contribution in [0.15, 0.2) is 24.3 Å². The van der Waals surface area contributed by atoms with Crippen molar-refractivity contribution in [2.45, 2.75) is 52.2 Å². The second-order valence-corrected chi connectivity index (χ2v) is 5.44. The summed E-state index contributed by atoms with van der Waals surface area (Å²) in [4.78, 5) is 14.2. The number of benzene rings is 1. The van der Waals surface area contributed by atoms with E-state index in [1.165, 1.54) is 24.0 Å². The summed E-state index contributed by atoms with van der Waals surface area (Å²) in [5.74, 6) is 0.225. The van der Waals surface area contributed by atoms with Gasteiger partial charge >= 0.3 is 0 Å². The number of hydrogen-bond acceptors (Lipinski definition) is 2. The van der Waals surface area contributed by atoms with E-state index in [0.717, 1.165) is 13.0 Å². The van der Waals surface area contributed by atoms with Gasteiger partial charge in [0.15, 0.2) is 0 Å². The van der Waals surface area contributed by atoms with Crippen LogP contribution < -0.4 is 5.32 Å².